The molecule has 0 aliphatic carbocycles. The Morgan fingerprint density at radius 3 is 2.30 bits per heavy atom. The molecule has 5 heteroatoms. The minimum atomic E-state index is -4.36. The molecule has 0 spiro atoms. The van der Waals surface area contributed by atoms with Crippen molar-refractivity contribution in [3.05, 3.63) is 68.8 Å². The summed E-state index contributed by atoms with van der Waals surface area (Å²) in [6.07, 6.45) is -5.01. The predicted octanol–water partition coefficient (Wildman–Crippen LogP) is 4.59. The van der Waals surface area contributed by atoms with Crippen LogP contribution in [0.25, 0.3) is 0 Å². The average molecular weight is 392 g/mol. The number of hydrogen-bond acceptors (Lipinski definition) is 1. The highest BCUT2D eigenvalue weighted by Gasteiger charge is 2.30. The van der Waals surface area contributed by atoms with Crippen LogP contribution in [0.5, 0.6) is 0 Å². The fourth-order valence-corrected chi connectivity index (χ4v) is 2.26. The summed E-state index contributed by atoms with van der Waals surface area (Å²) in [5, 5.41) is 10.1. The van der Waals surface area contributed by atoms with Crippen LogP contribution in [0.1, 0.15) is 22.8 Å². The molecule has 2 aromatic carbocycles. The van der Waals surface area contributed by atoms with Gasteiger partial charge in [-0.1, -0.05) is 30.3 Å². The summed E-state index contributed by atoms with van der Waals surface area (Å²) in [4.78, 5) is 0. The van der Waals surface area contributed by atoms with Gasteiger partial charge in [0.1, 0.15) is 0 Å². The lowest BCUT2D eigenvalue weighted by Crippen LogP contribution is -2.07. The van der Waals surface area contributed by atoms with Crippen LogP contribution >= 0.6 is 22.6 Å². The molecule has 0 saturated carbocycles. The number of aliphatic hydroxyl groups is 1. The van der Waals surface area contributed by atoms with E-state index < -0.39 is 17.8 Å². The standard InChI is InChI=1S/C15H12F3IO/c16-15(17,18)12-3-1-2-10(8-12)9-14(20)11-4-6-13(19)7-5-11/h1-8,14,20H,9H2. The van der Waals surface area contributed by atoms with E-state index in [0.29, 0.717) is 11.1 Å². The van der Waals surface area contributed by atoms with E-state index in [-0.39, 0.29) is 6.42 Å². The van der Waals surface area contributed by atoms with Gasteiger partial charge in [-0.15, -0.1) is 0 Å². The Morgan fingerprint density at radius 1 is 1.05 bits per heavy atom. The van der Waals surface area contributed by atoms with Crippen LogP contribution in [-0.2, 0) is 12.6 Å². The monoisotopic (exact) mass is 392 g/mol. The summed E-state index contributed by atoms with van der Waals surface area (Å²) in [7, 11) is 0. The van der Waals surface area contributed by atoms with Crippen molar-refractivity contribution >= 4 is 22.6 Å². The van der Waals surface area contributed by atoms with Gasteiger partial charge >= 0.3 is 6.18 Å². The molecule has 1 atom stereocenters. The van der Waals surface area contributed by atoms with Crippen LogP contribution in [0, 0.1) is 3.57 Å². The maximum atomic E-state index is 12.6. The molecule has 1 N–H and O–H groups in total. The van der Waals surface area contributed by atoms with Gasteiger partial charge in [0, 0.05) is 9.99 Å². The van der Waals surface area contributed by atoms with Crippen LogP contribution in [0.3, 0.4) is 0 Å². The van der Waals surface area contributed by atoms with Gasteiger partial charge in [0.15, 0.2) is 0 Å². The van der Waals surface area contributed by atoms with Crippen molar-refractivity contribution in [1.29, 1.82) is 0 Å². The largest absolute Gasteiger partial charge is 0.416 e. The van der Waals surface area contributed by atoms with Gasteiger partial charge in [-0.25, -0.2) is 0 Å². The summed E-state index contributed by atoms with van der Waals surface area (Å²) in [5.74, 6) is 0. The Labute approximate surface area is 128 Å². The third-order valence-electron chi connectivity index (χ3n) is 2.94. The molecule has 1 unspecified atom stereocenters. The third-order valence-corrected chi connectivity index (χ3v) is 3.66. The average Bonchev–Trinajstić information content (AvgIpc) is 2.38. The highest BCUT2D eigenvalue weighted by molar-refractivity contribution is 14.1. The van der Waals surface area contributed by atoms with E-state index in [4.69, 9.17) is 0 Å². The Bertz CT molecular complexity index is 578. The number of hydrogen-bond donors (Lipinski definition) is 1. The Morgan fingerprint density at radius 2 is 1.70 bits per heavy atom. The van der Waals surface area contributed by atoms with E-state index >= 15 is 0 Å². The van der Waals surface area contributed by atoms with Crippen molar-refractivity contribution in [1.82, 2.24) is 0 Å². The zero-order valence-corrected chi connectivity index (χ0v) is 12.5. The molecule has 2 rings (SSSR count). The lowest BCUT2D eigenvalue weighted by Gasteiger charge is -2.13. The Hall–Kier alpha value is -1.08. The van der Waals surface area contributed by atoms with Crippen LogP contribution in [-0.4, -0.2) is 5.11 Å². The lowest BCUT2D eigenvalue weighted by molar-refractivity contribution is -0.137. The van der Waals surface area contributed by atoms with Crippen molar-refractivity contribution < 1.29 is 18.3 Å². The molecule has 20 heavy (non-hydrogen) atoms. The zero-order valence-electron chi connectivity index (χ0n) is 10.4. The molecular formula is C15H12F3IO. The SMILES string of the molecule is OC(Cc1cccc(C(F)(F)F)c1)c1ccc(I)cc1. The van der Waals surface area contributed by atoms with Gasteiger partial charge in [0.05, 0.1) is 11.7 Å². The first-order valence-electron chi connectivity index (χ1n) is 5.96. The van der Waals surface area contributed by atoms with Gasteiger partial charge in [-0.2, -0.15) is 13.2 Å². The fraction of sp³-hybridized carbons (Fsp3) is 0.200. The van der Waals surface area contributed by atoms with Gasteiger partial charge < -0.3 is 5.11 Å². The van der Waals surface area contributed by atoms with Crippen LogP contribution in [0.15, 0.2) is 48.5 Å². The van der Waals surface area contributed by atoms with Gasteiger partial charge in [0.25, 0.3) is 0 Å². The second-order valence-electron chi connectivity index (χ2n) is 4.47. The van der Waals surface area contributed by atoms with Crippen molar-refractivity contribution in [3.63, 3.8) is 0 Å². The minimum absolute atomic E-state index is 0.157. The van der Waals surface area contributed by atoms with E-state index in [1.165, 1.54) is 6.07 Å². The normalized spacial score (nSPS) is 13.2. The molecule has 0 aliphatic heterocycles. The molecule has 1 nitrogen and oxygen atoms in total. The van der Waals surface area contributed by atoms with Crippen molar-refractivity contribution in [2.75, 3.05) is 0 Å². The summed E-state index contributed by atoms with van der Waals surface area (Å²) >= 11 is 2.15. The van der Waals surface area contributed by atoms with Crippen LogP contribution < -0.4 is 0 Å². The van der Waals surface area contributed by atoms with Crippen LogP contribution in [0.4, 0.5) is 13.2 Å². The Balaban J connectivity index is 2.15. The first-order chi connectivity index (χ1) is 9.36. The molecule has 0 radical (unpaired) electrons. The van der Waals surface area contributed by atoms with E-state index in [9.17, 15) is 18.3 Å². The molecule has 0 aromatic heterocycles. The van der Waals surface area contributed by atoms with Crippen LogP contribution in [0.2, 0.25) is 0 Å². The molecule has 0 amide bonds. The fourth-order valence-electron chi connectivity index (χ4n) is 1.90. The topological polar surface area (TPSA) is 20.2 Å². The quantitative estimate of drug-likeness (QED) is 0.758. The van der Waals surface area contributed by atoms with Gasteiger partial charge in [0.2, 0.25) is 0 Å². The van der Waals surface area contributed by atoms with Crippen molar-refractivity contribution in [3.8, 4) is 0 Å². The smallest absolute Gasteiger partial charge is 0.388 e. The first kappa shape index (κ1) is 15.3. The summed E-state index contributed by atoms with van der Waals surface area (Å²) in [6, 6.07) is 12.3. The number of benzene rings is 2. The number of alkyl halides is 3. The second kappa shape index (κ2) is 6.13. The third kappa shape index (κ3) is 3.96. The molecule has 0 bridgehead atoms. The second-order valence-corrected chi connectivity index (χ2v) is 5.72. The Kier molecular flexibility index (Phi) is 4.70. The highest BCUT2D eigenvalue weighted by Crippen LogP contribution is 2.30. The van der Waals surface area contributed by atoms with E-state index in [0.717, 1.165) is 15.7 Å². The number of aliphatic hydroxyl groups excluding tert-OH is 1. The minimum Gasteiger partial charge on any atom is -0.388 e. The molecule has 2 aromatic rings. The molecule has 106 valence electrons. The molecule has 0 fully saturated rings. The number of halogens is 4. The van der Waals surface area contributed by atoms with Crippen molar-refractivity contribution in [2.45, 2.75) is 18.7 Å². The summed E-state index contributed by atoms with van der Waals surface area (Å²) in [5.41, 5.74) is 0.471. The molecule has 0 aliphatic rings. The maximum absolute atomic E-state index is 12.6. The maximum Gasteiger partial charge on any atom is 0.416 e. The zero-order chi connectivity index (χ0) is 14.8. The molecular weight excluding hydrogens is 380 g/mol. The van der Waals surface area contributed by atoms with Gasteiger partial charge in [-0.3, -0.25) is 0 Å². The molecule has 0 saturated heterocycles. The first-order valence-corrected chi connectivity index (χ1v) is 7.04. The van der Waals surface area contributed by atoms with E-state index in [1.54, 1.807) is 18.2 Å². The summed E-state index contributed by atoms with van der Waals surface area (Å²) in [6.45, 7) is 0. The van der Waals surface area contributed by atoms with E-state index in [2.05, 4.69) is 22.6 Å². The van der Waals surface area contributed by atoms with Gasteiger partial charge in [-0.05, 0) is 51.9 Å². The molecule has 0 heterocycles. The highest BCUT2D eigenvalue weighted by atomic mass is 127. The summed E-state index contributed by atoms with van der Waals surface area (Å²) < 4.78 is 38.9. The van der Waals surface area contributed by atoms with Crippen molar-refractivity contribution in [2.24, 2.45) is 0 Å². The number of rotatable bonds is 3. The lowest BCUT2D eigenvalue weighted by atomic mass is 10.00. The predicted molar refractivity (Wildman–Crippen MR) is 79.3 cm³/mol. The van der Waals surface area contributed by atoms with E-state index in [1.807, 2.05) is 12.1 Å².